The van der Waals surface area contributed by atoms with Gasteiger partial charge in [-0.2, -0.15) is 0 Å². The summed E-state index contributed by atoms with van der Waals surface area (Å²) in [5.41, 5.74) is 1.43. The zero-order valence-electron chi connectivity index (χ0n) is 21.6. The molecule has 1 saturated heterocycles. The Morgan fingerprint density at radius 2 is 1.58 bits per heavy atom. The number of rotatable bonds is 9. The van der Waals surface area contributed by atoms with Gasteiger partial charge in [-0.15, -0.1) is 0 Å². The highest BCUT2D eigenvalue weighted by Gasteiger charge is 2.46. The van der Waals surface area contributed by atoms with Crippen molar-refractivity contribution in [2.75, 3.05) is 27.9 Å². The second-order valence-electron chi connectivity index (χ2n) is 8.51. The molecule has 0 bridgehead atoms. The Balaban J connectivity index is 1.87. The molecule has 1 heterocycles. The summed E-state index contributed by atoms with van der Waals surface area (Å²) >= 11 is 0. The van der Waals surface area contributed by atoms with Gasteiger partial charge in [0.1, 0.15) is 11.5 Å². The van der Waals surface area contributed by atoms with Crippen LogP contribution in [0.5, 0.6) is 28.7 Å². The molecule has 3 aromatic carbocycles. The van der Waals surface area contributed by atoms with E-state index in [0.717, 1.165) is 5.56 Å². The molecule has 0 spiro atoms. The van der Waals surface area contributed by atoms with Crippen molar-refractivity contribution in [1.29, 1.82) is 0 Å². The van der Waals surface area contributed by atoms with E-state index < -0.39 is 17.7 Å². The van der Waals surface area contributed by atoms with Crippen LogP contribution in [-0.4, -0.2) is 54.7 Å². The first-order valence-corrected chi connectivity index (χ1v) is 11.9. The number of nitrogens with zero attached hydrogens (tertiary/aromatic N) is 1. The molecule has 4 rings (SSSR count). The van der Waals surface area contributed by atoms with Gasteiger partial charge < -0.3 is 34.1 Å². The van der Waals surface area contributed by atoms with Gasteiger partial charge in [-0.3, -0.25) is 9.59 Å². The second kappa shape index (κ2) is 11.2. The van der Waals surface area contributed by atoms with Crippen LogP contribution in [0.3, 0.4) is 0 Å². The maximum Gasteiger partial charge on any atom is 0.295 e. The SMILES string of the molecule is CCOc1cc(C2/C(=C(/O)c3ccc(OC)c(OC)c3)C(=O)C(=O)N2Cc2ccc(OC)cc2)ccc1O. The van der Waals surface area contributed by atoms with Gasteiger partial charge >= 0.3 is 0 Å². The molecule has 3 aromatic rings. The van der Waals surface area contributed by atoms with E-state index in [1.807, 2.05) is 0 Å². The van der Waals surface area contributed by atoms with Gasteiger partial charge in [0.05, 0.1) is 39.6 Å². The van der Waals surface area contributed by atoms with Crippen LogP contribution in [0.2, 0.25) is 0 Å². The van der Waals surface area contributed by atoms with Crippen molar-refractivity contribution in [2.45, 2.75) is 19.5 Å². The molecule has 38 heavy (non-hydrogen) atoms. The molecule has 9 nitrogen and oxygen atoms in total. The number of carbonyl (C=O) groups excluding carboxylic acids is 2. The molecular formula is C29H29NO8. The number of carbonyl (C=O) groups is 2. The van der Waals surface area contributed by atoms with Crippen molar-refractivity contribution in [2.24, 2.45) is 0 Å². The quantitative estimate of drug-likeness (QED) is 0.242. The van der Waals surface area contributed by atoms with Crippen LogP contribution in [0.4, 0.5) is 0 Å². The summed E-state index contributed by atoms with van der Waals surface area (Å²) < 4.78 is 21.4. The van der Waals surface area contributed by atoms with E-state index in [1.54, 1.807) is 62.6 Å². The highest BCUT2D eigenvalue weighted by molar-refractivity contribution is 6.46. The minimum absolute atomic E-state index is 0.0809. The van der Waals surface area contributed by atoms with E-state index >= 15 is 0 Å². The van der Waals surface area contributed by atoms with Crippen molar-refractivity contribution < 1.29 is 38.7 Å². The molecule has 1 amide bonds. The van der Waals surface area contributed by atoms with E-state index in [2.05, 4.69) is 0 Å². The number of ketones is 1. The van der Waals surface area contributed by atoms with Crippen molar-refractivity contribution in [3.8, 4) is 28.7 Å². The molecule has 1 aliphatic heterocycles. The maximum absolute atomic E-state index is 13.4. The Kier molecular flexibility index (Phi) is 7.76. The molecule has 1 atom stereocenters. The lowest BCUT2D eigenvalue weighted by molar-refractivity contribution is -0.140. The minimum atomic E-state index is -0.954. The number of likely N-dealkylation sites (tertiary alicyclic amines) is 1. The molecule has 1 unspecified atom stereocenters. The fraction of sp³-hybridized carbons (Fsp3) is 0.241. The third-order valence-electron chi connectivity index (χ3n) is 6.31. The molecule has 2 N–H and O–H groups in total. The van der Waals surface area contributed by atoms with E-state index in [-0.39, 0.29) is 34.9 Å². The number of phenols is 1. The van der Waals surface area contributed by atoms with Crippen LogP contribution in [0.1, 0.15) is 29.7 Å². The van der Waals surface area contributed by atoms with Gasteiger partial charge in [-0.25, -0.2) is 0 Å². The first-order valence-electron chi connectivity index (χ1n) is 11.9. The van der Waals surface area contributed by atoms with Gasteiger partial charge in [-0.05, 0) is 60.5 Å². The van der Waals surface area contributed by atoms with Crippen LogP contribution in [0.15, 0.2) is 66.2 Å². The van der Waals surface area contributed by atoms with Crippen LogP contribution < -0.4 is 18.9 Å². The normalized spacial score (nSPS) is 16.4. The van der Waals surface area contributed by atoms with Crippen LogP contribution >= 0.6 is 0 Å². The summed E-state index contributed by atoms with van der Waals surface area (Å²) in [4.78, 5) is 28.1. The molecule has 1 fully saturated rings. The minimum Gasteiger partial charge on any atom is -0.507 e. The Morgan fingerprint density at radius 3 is 2.21 bits per heavy atom. The molecule has 0 saturated carbocycles. The van der Waals surface area contributed by atoms with Gasteiger partial charge in [0, 0.05) is 12.1 Å². The molecular weight excluding hydrogens is 490 g/mol. The third-order valence-corrected chi connectivity index (χ3v) is 6.31. The van der Waals surface area contributed by atoms with Crippen molar-refractivity contribution in [3.63, 3.8) is 0 Å². The smallest absolute Gasteiger partial charge is 0.295 e. The van der Waals surface area contributed by atoms with E-state index in [0.29, 0.717) is 29.4 Å². The number of benzene rings is 3. The van der Waals surface area contributed by atoms with Crippen LogP contribution in [-0.2, 0) is 16.1 Å². The number of aromatic hydroxyl groups is 1. The maximum atomic E-state index is 13.4. The van der Waals surface area contributed by atoms with Gasteiger partial charge in [0.15, 0.2) is 23.0 Å². The summed E-state index contributed by atoms with van der Waals surface area (Å²) in [5, 5.41) is 21.6. The highest BCUT2D eigenvalue weighted by Crippen LogP contribution is 2.43. The summed E-state index contributed by atoms with van der Waals surface area (Å²) in [6.07, 6.45) is 0. The summed E-state index contributed by atoms with van der Waals surface area (Å²) in [5.74, 6) is -0.392. The standard InChI is InChI=1S/C29H29NO8/c1-5-38-23-14-18(8-12-21(23)31)26-25(27(32)19-9-13-22(36-3)24(15-19)37-4)28(33)29(34)30(26)16-17-6-10-20(35-2)11-7-17/h6-15,26,31-32H,5,16H2,1-4H3/b27-25-. The van der Waals surface area contributed by atoms with E-state index in [1.165, 1.54) is 31.3 Å². The Labute approximate surface area is 220 Å². The number of Topliss-reactive ketones (excluding diaryl/α,β-unsaturated/α-hetero) is 1. The molecule has 1 aliphatic rings. The van der Waals surface area contributed by atoms with Gasteiger partial charge in [-0.1, -0.05) is 18.2 Å². The second-order valence-corrected chi connectivity index (χ2v) is 8.51. The van der Waals surface area contributed by atoms with Crippen LogP contribution in [0.25, 0.3) is 5.76 Å². The van der Waals surface area contributed by atoms with Crippen molar-refractivity contribution in [3.05, 3.63) is 82.9 Å². The van der Waals surface area contributed by atoms with E-state index in [9.17, 15) is 19.8 Å². The first-order chi connectivity index (χ1) is 18.3. The Bertz CT molecular complexity index is 1380. The van der Waals surface area contributed by atoms with Crippen molar-refractivity contribution >= 4 is 17.4 Å². The molecule has 0 radical (unpaired) electrons. The monoisotopic (exact) mass is 519 g/mol. The lowest BCUT2D eigenvalue weighted by atomic mass is 9.94. The lowest BCUT2D eigenvalue weighted by Crippen LogP contribution is -2.29. The fourth-order valence-electron chi connectivity index (χ4n) is 4.43. The Hall–Kier alpha value is -4.66. The first kappa shape index (κ1) is 26.4. The predicted molar refractivity (Wildman–Crippen MR) is 140 cm³/mol. The summed E-state index contributed by atoms with van der Waals surface area (Å²) in [7, 11) is 4.51. The number of methoxy groups -OCH3 is 3. The van der Waals surface area contributed by atoms with E-state index in [4.69, 9.17) is 18.9 Å². The molecule has 198 valence electrons. The molecule has 0 aromatic heterocycles. The summed E-state index contributed by atoms with van der Waals surface area (Å²) in [6, 6.07) is 15.5. The number of hydrogen-bond donors (Lipinski definition) is 2. The topological polar surface area (TPSA) is 115 Å². The number of aliphatic hydroxyl groups excluding tert-OH is 1. The number of hydrogen-bond acceptors (Lipinski definition) is 8. The third kappa shape index (κ3) is 4.95. The number of aliphatic hydroxyl groups is 1. The van der Waals surface area contributed by atoms with Gasteiger partial charge in [0.25, 0.3) is 11.7 Å². The number of phenolic OH excluding ortho intramolecular Hbond substituents is 1. The van der Waals surface area contributed by atoms with Crippen molar-refractivity contribution in [1.82, 2.24) is 4.90 Å². The van der Waals surface area contributed by atoms with Gasteiger partial charge in [0.2, 0.25) is 0 Å². The predicted octanol–water partition coefficient (Wildman–Crippen LogP) is 4.44. The highest BCUT2D eigenvalue weighted by atomic mass is 16.5. The average Bonchev–Trinajstić information content (AvgIpc) is 3.18. The summed E-state index contributed by atoms with van der Waals surface area (Å²) in [6.45, 7) is 2.17. The number of amides is 1. The lowest BCUT2D eigenvalue weighted by Gasteiger charge is -2.26. The average molecular weight is 520 g/mol. The Morgan fingerprint density at radius 1 is 0.868 bits per heavy atom. The molecule has 0 aliphatic carbocycles. The zero-order chi connectivity index (χ0) is 27.4. The van der Waals surface area contributed by atoms with Crippen LogP contribution in [0, 0.1) is 0 Å². The molecule has 9 heteroatoms. The number of ether oxygens (including phenoxy) is 4. The fourth-order valence-corrected chi connectivity index (χ4v) is 4.43. The largest absolute Gasteiger partial charge is 0.507 e. The zero-order valence-corrected chi connectivity index (χ0v) is 21.6.